The van der Waals surface area contributed by atoms with Crippen LogP contribution in [0.1, 0.15) is 38.3 Å². The van der Waals surface area contributed by atoms with Crippen LogP contribution in [0.15, 0.2) is 24.3 Å². The summed E-state index contributed by atoms with van der Waals surface area (Å²) in [7, 11) is 1.27. The van der Waals surface area contributed by atoms with Crippen molar-refractivity contribution in [2.45, 2.75) is 38.3 Å². The monoisotopic (exact) mass is 362 g/mol. The van der Waals surface area contributed by atoms with Crippen LogP contribution < -0.4 is 5.32 Å². The lowest BCUT2D eigenvalue weighted by atomic mass is 9.77. The quantitative estimate of drug-likeness (QED) is 0.639. The number of nitrogens with zero attached hydrogens (tertiary/aromatic N) is 1. The number of carbonyl (C=O) groups excluding carboxylic acids is 3. The average Bonchev–Trinajstić information content (AvgIpc) is 3.09. The summed E-state index contributed by atoms with van der Waals surface area (Å²) in [6, 6.07) is 5.27. The fraction of sp³-hybridized carbons (Fsp3) is 0.526. The predicted octanol–water partition coefficient (Wildman–Crippen LogP) is 1.80. The van der Waals surface area contributed by atoms with Gasteiger partial charge in [-0.15, -0.1) is 0 Å². The zero-order chi connectivity index (χ0) is 19.1. The van der Waals surface area contributed by atoms with Crippen LogP contribution in [0.4, 0.5) is 4.39 Å². The Kier molecular flexibility index (Phi) is 4.84. The number of carbonyl (C=O) groups is 3. The maximum atomic E-state index is 13.8. The van der Waals surface area contributed by atoms with Gasteiger partial charge in [-0.05, 0) is 31.0 Å². The fourth-order valence-corrected chi connectivity index (χ4v) is 4.46. The van der Waals surface area contributed by atoms with Crippen molar-refractivity contribution >= 4 is 17.8 Å². The summed E-state index contributed by atoms with van der Waals surface area (Å²) in [5, 5.41) is 3.20. The highest BCUT2D eigenvalue weighted by Gasteiger charge is 2.68. The molecule has 7 heteroatoms. The van der Waals surface area contributed by atoms with E-state index < -0.39 is 35.2 Å². The van der Waals surface area contributed by atoms with E-state index in [4.69, 9.17) is 4.74 Å². The summed E-state index contributed by atoms with van der Waals surface area (Å²) in [5.41, 5.74) is -0.747. The van der Waals surface area contributed by atoms with E-state index in [-0.39, 0.29) is 18.4 Å². The molecule has 26 heavy (non-hydrogen) atoms. The molecule has 2 saturated heterocycles. The standard InChI is InChI=1S/C19H23FN2O4/c1-4-9-19(18(25)26-3)14-13(16(23)22(5-2)17(14)24)15(21-19)11-7-6-8-12(20)10-11/h6-8,10,13-15,21H,4-5,9H2,1-3H3/t13-,14-,15-,19+/m1/s1. The summed E-state index contributed by atoms with van der Waals surface area (Å²) >= 11 is 0. The third kappa shape index (κ3) is 2.53. The normalized spacial score (nSPS) is 30.6. The maximum absolute atomic E-state index is 13.8. The van der Waals surface area contributed by atoms with E-state index in [0.717, 1.165) is 0 Å². The first-order valence-electron chi connectivity index (χ1n) is 8.88. The third-order valence-electron chi connectivity index (χ3n) is 5.46. The number of hydrogen-bond acceptors (Lipinski definition) is 5. The molecule has 1 aromatic rings. The Hall–Kier alpha value is -2.28. The molecule has 2 amide bonds. The molecule has 6 nitrogen and oxygen atoms in total. The molecule has 4 atom stereocenters. The van der Waals surface area contributed by atoms with Crippen LogP contribution >= 0.6 is 0 Å². The summed E-state index contributed by atoms with van der Waals surface area (Å²) < 4.78 is 18.8. The number of hydrogen-bond donors (Lipinski definition) is 1. The largest absolute Gasteiger partial charge is 0.468 e. The molecule has 0 spiro atoms. The molecule has 2 fully saturated rings. The molecule has 1 aromatic carbocycles. The van der Waals surface area contributed by atoms with Crippen LogP contribution in [0.25, 0.3) is 0 Å². The van der Waals surface area contributed by atoms with Crippen molar-refractivity contribution in [2.24, 2.45) is 11.8 Å². The molecule has 0 unspecified atom stereocenters. The van der Waals surface area contributed by atoms with Crippen LogP contribution in [-0.4, -0.2) is 41.9 Å². The average molecular weight is 362 g/mol. The second-order valence-corrected chi connectivity index (χ2v) is 6.81. The molecule has 2 aliphatic rings. The lowest BCUT2D eigenvalue weighted by Gasteiger charge is -2.32. The van der Waals surface area contributed by atoms with Gasteiger partial charge in [-0.25, -0.2) is 4.39 Å². The molecule has 140 valence electrons. The first kappa shape index (κ1) is 18.5. The predicted molar refractivity (Wildman–Crippen MR) is 91.3 cm³/mol. The highest BCUT2D eigenvalue weighted by Crippen LogP contribution is 2.50. The van der Waals surface area contributed by atoms with Gasteiger partial charge in [0.2, 0.25) is 11.8 Å². The van der Waals surface area contributed by atoms with Crippen molar-refractivity contribution in [3.05, 3.63) is 35.6 Å². The molecule has 0 aromatic heterocycles. The Balaban J connectivity index is 2.15. The SMILES string of the molecule is CCC[C@]1(C(=O)OC)N[C@H](c2cccc(F)c2)[C@@H]2C(=O)N(CC)C(=O)[C@@H]21. The van der Waals surface area contributed by atoms with Crippen LogP contribution in [-0.2, 0) is 19.1 Å². The number of likely N-dealkylation sites (tertiary alicyclic amines) is 1. The minimum Gasteiger partial charge on any atom is -0.468 e. The number of esters is 1. The lowest BCUT2D eigenvalue weighted by molar-refractivity contribution is -0.154. The molecule has 3 rings (SSSR count). The van der Waals surface area contributed by atoms with E-state index >= 15 is 0 Å². The third-order valence-corrected chi connectivity index (χ3v) is 5.46. The molecular weight excluding hydrogens is 339 g/mol. The molecular formula is C19H23FN2O4. The Morgan fingerprint density at radius 1 is 1.31 bits per heavy atom. The summed E-state index contributed by atoms with van der Waals surface area (Å²) in [4.78, 5) is 39.8. The Bertz CT molecular complexity index is 753. The van der Waals surface area contributed by atoms with Gasteiger partial charge in [-0.2, -0.15) is 0 Å². The Morgan fingerprint density at radius 3 is 2.62 bits per heavy atom. The molecule has 0 aliphatic carbocycles. The van der Waals surface area contributed by atoms with E-state index in [0.29, 0.717) is 18.4 Å². The van der Waals surface area contributed by atoms with Crippen molar-refractivity contribution in [3.8, 4) is 0 Å². The van der Waals surface area contributed by atoms with Gasteiger partial charge in [0.1, 0.15) is 11.4 Å². The van der Waals surface area contributed by atoms with Gasteiger partial charge < -0.3 is 4.74 Å². The second kappa shape index (κ2) is 6.79. The van der Waals surface area contributed by atoms with Gasteiger partial charge in [-0.3, -0.25) is 24.6 Å². The van der Waals surface area contributed by atoms with Crippen molar-refractivity contribution in [1.29, 1.82) is 0 Å². The molecule has 0 radical (unpaired) electrons. The van der Waals surface area contributed by atoms with E-state index in [2.05, 4.69) is 5.32 Å². The molecule has 0 saturated carbocycles. The number of ether oxygens (including phenoxy) is 1. The van der Waals surface area contributed by atoms with Gasteiger partial charge in [0, 0.05) is 12.6 Å². The zero-order valence-electron chi connectivity index (χ0n) is 15.1. The molecule has 2 aliphatic heterocycles. The lowest BCUT2D eigenvalue weighted by Crippen LogP contribution is -2.56. The Labute approximate surface area is 151 Å². The summed E-state index contributed by atoms with van der Waals surface area (Å²) in [6.45, 7) is 3.86. The number of amides is 2. The van der Waals surface area contributed by atoms with Gasteiger partial charge in [0.15, 0.2) is 0 Å². The Morgan fingerprint density at radius 2 is 2.04 bits per heavy atom. The van der Waals surface area contributed by atoms with Crippen LogP contribution in [0.2, 0.25) is 0 Å². The highest BCUT2D eigenvalue weighted by molar-refractivity contribution is 6.09. The smallest absolute Gasteiger partial charge is 0.326 e. The minimum atomic E-state index is -1.29. The van der Waals surface area contributed by atoms with Crippen LogP contribution in [0, 0.1) is 17.7 Å². The van der Waals surface area contributed by atoms with E-state index in [1.54, 1.807) is 19.1 Å². The fourth-order valence-electron chi connectivity index (χ4n) is 4.46. The topological polar surface area (TPSA) is 75.7 Å². The number of benzene rings is 1. The van der Waals surface area contributed by atoms with Gasteiger partial charge in [0.05, 0.1) is 18.9 Å². The summed E-state index contributed by atoms with van der Waals surface area (Å²) in [5.74, 6) is -3.30. The first-order valence-corrected chi connectivity index (χ1v) is 8.88. The minimum absolute atomic E-state index is 0.240. The van der Waals surface area contributed by atoms with Gasteiger partial charge in [0.25, 0.3) is 0 Å². The highest BCUT2D eigenvalue weighted by atomic mass is 19.1. The van der Waals surface area contributed by atoms with E-state index in [9.17, 15) is 18.8 Å². The number of nitrogens with one attached hydrogen (secondary N) is 1. The maximum Gasteiger partial charge on any atom is 0.326 e. The van der Waals surface area contributed by atoms with Crippen molar-refractivity contribution in [1.82, 2.24) is 10.2 Å². The first-order chi connectivity index (χ1) is 12.4. The van der Waals surface area contributed by atoms with Crippen LogP contribution in [0.5, 0.6) is 0 Å². The number of rotatable bonds is 5. The number of fused-ring (bicyclic) bond motifs is 1. The van der Waals surface area contributed by atoms with Gasteiger partial charge in [-0.1, -0.05) is 25.5 Å². The number of imide groups is 1. The molecule has 2 heterocycles. The van der Waals surface area contributed by atoms with Crippen LogP contribution in [0.3, 0.4) is 0 Å². The van der Waals surface area contributed by atoms with Gasteiger partial charge >= 0.3 is 5.97 Å². The summed E-state index contributed by atoms with van der Waals surface area (Å²) in [6.07, 6.45) is 0.970. The zero-order valence-corrected chi connectivity index (χ0v) is 15.1. The molecule has 1 N–H and O–H groups in total. The van der Waals surface area contributed by atoms with E-state index in [1.165, 1.54) is 24.1 Å². The van der Waals surface area contributed by atoms with Crippen molar-refractivity contribution in [2.75, 3.05) is 13.7 Å². The number of halogens is 1. The molecule has 0 bridgehead atoms. The number of methoxy groups -OCH3 is 1. The van der Waals surface area contributed by atoms with Crippen molar-refractivity contribution in [3.63, 3.8) is 0 Å². The van der Waals surface area contributed by atoms with E-state index in [1.807, 2.05) is 6.92 Å². The van der Waals surface area contributed by atoms with Crippen molar-refractivity contribution < 1.29 is 23.5 Å². The second-order valence-electron chi connectivity index (χ2n) is 6.81.